The molecular formula is C26H18Cl3FN2O5. The standard InChI is InChI=1S/C26H18Cl3FN2O5/c27-18-9-13(33)5-6-15(18)20-14-7-8-16-19(22(35)31-21(16)34)17(14)10-25(28)23(36)32(24(37)26(20,25)29)12-3-1-11(30)2-4-12/h1-7,9,16-17,19-20,33H,8,10H2,(H,31,34,35)/t16-,17+,19-,20+,25+,26-/m0/s1. The number of fused-ring (bicyclic) bond motifs is 4. The van der Waals surface area contributed by atoms with Gasteiger partial charge in [-0.05, 0) is 60.7 Å². The van der Waals surface area contributed by atoms with Gasteiger partial charge in [-0.3, -0.25) is 24.5 Å². The summed E-state index contributed by atoms with van der Waals surface area (Å²) in [5, 5.41) is 12.4. The second-order valence-electron chi connectivity index (χ2n) is 9.81. The number of alkyl halides is 2. The molecule has 0 bridgehead atoms. The highest BCUT2D eigenvalue weighted by atomic mass is 35.5. The second kappa shape index (κ2) is 8.03. The summed E-state index contributed by atoms with van der Waals surface area (Å²) in [6.45, 7) is 0. The molecule has 2 saturated heterocycles. The molecule has 2 N–H and O–H groups in total. The lowest BCUT2D eigenvalue weighted by molar-refractivity contribution is -0.127. The van der Waals surface area contributed by atoms with E-state index in [2.05, 4.69) is 5.32 Å². The monoisotopic (exact) mass is 562 g/mol. The maximum Gasteiger partial charge on any atom is 0.258 e. The zero-order valence-corrected chi connectivity index (χ0v) is 21.1. The van der Waals surface area contributed by atoms with E-state index in [-0.39, 0.29) is 29.3 Å². The Labute approximate surface area is 225 Å². The molecule has 2 heterocycles. The Morgan fingerprint density at radius 3 is 2.35 bits per heavy atom. The molecule has 0 aromatic heterocycles. The van der Waals surface area contributed by atoms with E-state index in [1.54, 1.807) is 6.08 Å². The van der Waals surface area contributed by atoms with Gasteiger partial charge >= 0.3 is 0 Å². The number of hydrogen-bond acceptors (Lipinski definition) is 5. The predicted octanol–water partition coefficient (Wildman–Crippen LogP) is 4.04. The Morgan fingerprint density at radius 1 is 0.973 bits per heavy atom. The minimum absolute atomic E-state index is 0.0835. The Hall–Kier alpha value is -2.94. The molecule has 2 aliphatic carbocycles. The van der Waals surface area contributed by atoms with Crippen LogP contribution in [-0.4, -0.2) is 38.5 Å². The minimum atomic E-state index is -2.07. The van der Waals surface area contributed by atoms with Gasteiger partial charge in [0.05, 0.1) is 17.5 Å². The smallest absolute Gasteiger partial charge is 0.258 e. The number of nitrogens with zero attached hydrogens (tertiary/aromatic N) is 1. The summed E-state index contributed by atoms with van der Waals surface area (Å²) in [7, 11) is 0. The van der Waals surface area contributed by atoms with Gasteiger partial charge in [0.2, 0.25) is 11.8 Å². The van der Waals surface area contributed by atoms with Crippen molar-refractivity contribution in [1.29, 1.82) is 0 Å². The largest absolute Gasteiger partial charge is 0.508 e. The molecule has 11 heteroatoms. The van der Waals surface area contributed by atoms with E-state index >= 15 is 0 Å². The topological polar surface area (TPSA) is 104 Å². The van der Waals surface area contributed by atoms with Crippen molar-refractivity contribution in [3.05, 3.63) is 70.5 Å². The average molecular weight is 564 g/mol. The molecule has 0 spiro atoms. The summed E-state index contributed by atoms with van der Waals surface area (Å²) in [5.41, 5.74) is 0.998. The molecule has 2 aromatic carbocycles. The predicted molar refractivity (Wildman–Crippen MR) is 133 cm³/mol. The summed E-state index contributed by atoms with van der Waals surface area (Å²) < 4.78 is 13.6. The minimum Gasteiger partial charge on any atom is -0.508 e. The fourth-order valence-electron chi connectivity index (χ4n) is 6.41. The summed E-state index contributed by atoms with van der Waals surface area (Å²) >= 11 is 20.9. The zero-order valence-electron chi connectivity index (χ0n) is 18.9. The molecular weight excluding hydrogens is 546 g/mol. The van der Waals surface area contributed by atoms with Crippen LogP contribution in [0.2, 0.25) is 5.02 Å². The van der Waals surface area contributed by atoms with Crippen LogP contribution in [0.4, 0.5) is 10.1 Å². The normalized spacial score (nSPS) is 34.6. The van der Waals surface area contributed by atoms with Crippen molar-refractivity contribution < 1.29 is 28.7 Å². The van der Waals surface area contributed by atoms with Gasteiger partial charge in [-0.2, -0.15) is 0 Å². The number of hydrogen-bond donors (Lipinski definition) is 2. The maximum atomic E-state index is 14.1. The molecule has 0 unspecified atom stereocenters. The van der Waals surface area contributed by atoms with Gasteiger partial charge in [-0.25, -0.2) is 9.29 Å². The molecule has 37 heavy (non-hydrogen) atoms. The van der Waals surface area contributed by atoms with E-state index in [1.807, 2.05) is 0 Å². The summed E-state index contributed by atoms with van der Waals surface area (Å²) in [6, 6.07) is 8.92. The van der Waals surface area contributed by atoms with E-state index < -0.39 is 62.9 Å². The third-order valence-electron chi connectivity index (χ3n) is 8.03. The third kappa shape index (κ3) is 3.12. The van der Waals surface area contributed by atoms with E-state index in [9.17, 15) is 28.7 Å². The first-order valence-corrected chi connectivity index (χ1v) is 12.7. The SMILES string of the molecule is O=C1NC(=O)[C@H]2CC=C3[C@@H](C[C@@]4(Cl)C(=O)N(c5ccc(F)cc5)C(=O)[C@@]4(Cl)[C@H]3c3ccc(O)cc3Cl)[C@@H]12. The van der Waals surface area contributed by atoms with Crippen LogP contribution in [0.3, 0.4) is 0 Å². The number of imide groups is 2. The lowest BCUT2D eigenvalue weighted by atomic mass is 9.56. The molecule has 3 fully saturated rings. The maximum absolute atomic E-state index is 14.1. The highest BCUT2D eigenvalue weighted by Gasteiger charge is 2.76. The first-order chi connectivity index (χ1) is 17.5. The molecule has 2 aromatic rings. The Kier molecular flexibility index (Phi) is 5.29. The highest BCUT2D eigenvalue weighted by molar-refractivity contribution is 6.58. The first kappa shape index (κ1) is 24.4. The Balaban J connectivity index is 1.59. The van der Waals surface area contributed by atoms with Crippen molar-refractivity contribution >= 4 is 64.1 Å². The summed E-state index contributed by atoms with van der Waals surface area (Å²) in [6.07, 6.45) is 1.82. The van der Waals surface area contributed by atoms with Crippen LogP contribution in [0.5, 0.6) is 5.75 Å². The third-order valence-corrected chi connectivity index (χ3v) is 9.77. The van der Waals surface area contributed by atoms with E-state index in [0.29, 0.717) is 11.1 Å². The number of phenolic OH excluding ortho intramolecular Hbond substituents is 1. The first-order valence-electron chi connectivity index (χ1n) is 11.5. The molecule has 7 nitrogen and oxygen atoms in total. The van der Waals surface area contributed by atoms with Gasteiger partial charge in [0.1, 0.15) is 11.6 Å². The number of carbonyl (C=O) groups excluding carboxylic acids is 4. The quantitative estimate of drug-likeness (QED) is 0.326. The average Bonchev–Trinajstić information content (AvgIpc) is 3.22. The molecule has 4 aliphatic rings. The van der Waals surface area contributed by atoms with Crippen molar-refractivity contribution in [1.82, 2.24) is 5.32 Å². The number of aromatic hydroxyl groups is 1. The lowest BCUT2D eigenvalue weighted by Crippen LogP contribution is -2.60. The molecule has 4 amide bonds. The van der Waals surface area contributed by atoms with Crippen molar-refractivity contribution in [3.8, 4) is 5.75 Å². The number of halogens is 4. The van der Waals surface area contributed by atoms with E-state index in [0.717, 1.165) is 17.0 Å². The highest BCUT2D eigenvalue weighted by Crippen LogP contribution is 2.66. The van der Waals surface area contributed by atoms with E-state index in [1.165, 1.54) is 30.3 Å². The van der Waals surface area contributed by atoms with Crippen LogP contribution in [0.1, 0.15) is 24.3 Å². The van der Waals surface area contributed by atoms with Gasteiger partial charge in [-0.15, -0.1) is 23.2 Å². The molecule has 0 radical (unpaired) electrons. The number of nitrogens with one attached hydrogen (secondary N) is 1. The molecule has 2 aliphatic heterocycles. The van der Waals surface area contributed by atoms with Crippen LogP contribution in [0.25, 0.3) is 0 Å². The van der Waals surface area contributed by atoms with Gasteiger partial charge in [0, 0.05) is 10.9 Å². The van der Waals surface area contributed by atoms with Crippen LogP contribution >= 0.6 is 34.8 Å². The van der Waals surface area contributed by atoms with Crippen molar-refractivity contribution in [2.45, 2.75) is 28.5 Å². The number of benzene rings is 2. The van der Waals surface area contributed by atoms with Crippen LogP contribution in [-0.2, 0) is 19.2 Å². The summed E-state index contributed by atoms with van der Waals surface area (Å²) in [5.74, 6) is -6.38. The molecule has 6 atom stereocenters. The second-order valence-corrected chi connectivity index (χ2v) is 11.5. The van der Waals surface area contributed by atoms with Gasteiger partial charge in [0.25, 0.3) is 11.8 Å². The van der Waals surface area contributed by atoms with Gasteiger partial charge in [-0.1, -0.05) is 29.3 Å². The summed E-state index contributed by atoms with van der Waals surface area (Å²) in [4.78, 5) is 50.1. The lowest BCUT2D eigenvalue weighted by Gasteiger charge is -2.50. The number of allylic oxidation sites excluding steroid dienone is 2. The fraction of sp³-hybridized carbons (Fsp3) is 0.308. The fourth-order valence-corrected chi connectivity index (χ4v) is 7.62. The van der Waals surface area contributed by atoms with Crippen molar-refractivity contribution in [2.75, 3.05) is 4.90 Å². The zero-order chi connectivity index (χ0) is 26.4. The van der Waals surface area contributed by atoms with Crippen molar-refractivity contribution in [2.24, 2.45) is 17.8 Å². The van der Waals surface area contributed by atoms with Crippen LogP contribution in [0, 0.1) is 23.6 Å². The number of carbonyl (C=O) groups is 4. The van der Waals surface area contributed by atoms with Crippen LogP contribution < -0.4 is 10.2 Å². The van der Waals surface area contributed by atoms with Crippen LogP contribution in [0.15, 0.2) is 54.1 Å². The molecule has 190 valence electrons. The van der Waals surface area contributed by atoms with Crippen molar-refractivity contribution in [3.63, 3.8) is 0 Å². The Morgan fingerprint density at radius 2 is 1.68 bits per heavy atom. The Bertz CT molecular complexity index is 1450. The number of anilines is 1. The van der Waals surface area contributed by atoms with Gasteiger partial charge < -0.3 is 5.11 Å². The number of rotatable bonds is 2. The van der Waals surface area contributed by atoms with Gasteiger partial charge in [0.15, 0.2) is 9.75 Å². The number of amides is 4. The molecule has 1 saturated carbocycles. The van der Waals surface area contributed by atoms with E-state index in [4.69, 9.17) is 34.8 Å². The molecule has 6 rings (SSSR count). The number of phenols is 1.